The Morgan fingerprint density at radius 3 is 2.00 bits per heavy atom. The number of phenols is 1. The number of ether oxygens (including phenoxy) is 2. The summed E-state index contributed by atoms with van der Waals surface area (Å²) in [5.74, 6) is 0.963. The zero-order valence-corrected chi connectivity index (χ0v) is 27.9. The number of hydrogen-bond donors (Lipinski definition) is 5. The van der Waals surface area contributed by atoms with Gasteiger partial charge >= 0.3 is 0 Å². The van der Waals surface area contributed by atoms with Crippen LogP contribution in [0.3, 0.4) is 0 Å². The molecule has 0 saturated heterocycles. The molecule has 0 bridgehead atoms. The lowest BCUT2D eigenvalue weighted by Crippen LogP contribution is -2.22. The molecule has 0 atom stereocenters. The van der Waals surface area contributed by atoms with Crippen molar-refractivity contribution >= 4 is 40.9 Å². The molecule has 12 heteroatoms. The summed E-state index contributed by atoms with van der Waals surface area (Å²) < 4.78 is 11.3. The summed E-state index contributed by atoms with van der Waals surface area (Å²) in [6.07, 6.45) is 1.10. The summed E-state index contributed by atoms with van der Waals surface area (Å²) >= 11 is 0. The van der Waals surface area contributed by atoms with Crippen LogP contribution in [0, 0.1) is 6.92 Å². The van der Waals surface area contributed by atoms with E-state index >= 15 is 0 Å². The van der Waals surface area contributed by atoms with Crippen molar-refractivity contribution in [3.05, 3.63) is 125 Å². The van der Waals surface area contributed by atoms with E-state index in [-0.39, 0.29) is 29.3 Å². The molecular formula is C38H41N7O5. The highest BCUT2D eigenvalue weighted by Gasteiger charge is 2.10. The minimum Gasteiger partial charge on any atom is -0.508 e. The van der Waals surface area contributed by atoms with Gasteiger partial charge in [0.15, 0.2) is 5.78 Å². The van der Waals surface area contributed by atoms with Crippen molar-refractivity contribution in [1.29, 1.82) is 0 Å². The lowest BCUT2D eigenvalue weighted by atomic mass is 10.1. The van der Waals surface area contributed by atoms with Gasteiger partial charge < -0.3 is 35.8 Å². The first-order valence-corrected chi connectivity index (χ1v) is 16.4. The molecule has 5 rings (SSSR count). The number of Topliss-reactive ketones (excluding diaryl/α,β-unsaturated/α-hetero) is 1. The highest BCUT2D eigenvalue weighted by molar-refractivity contribution is 5.96. The molecular weight excluding hydrogens is 634 g/mol. The first-order chi connectivity index (χ1) is 24.4. The van der Waals surface area contributed by atoms with Crippen LogP contribution in [0.15, 0.2) is 103 Å². The van der Waals surface area contributed by atoms with Crippen LogP contribution >= 0.6 is 0 Å². The smallest absolute Gasteiger partial charge is 0.251 e. The normalized spacial score (nSPS) is 10.7. The Kier molecular flexibility index (Phi) is 13.2. The number of rotatable bonds is 19. The van der Waals surface area contributed by atoms with Gasteiger partial charge in [0.2, 0.25) is 17.8 Å². The number of nitrogens with one attached hydrogen (secondary N) is 4. The Morgan fingerprint density at radius 1 is 0.680 bits per heavy atom. The van der Waals surface area contributed by atoms with Gasteiger partial charge in [-0.3, -0.25) is 9.59 Å². The second-order valence-electron chi connectivity index (χ2n) is 11.4. The zero-order valence-electron chi connectivity index (χ0n) is 27.9. The van der Waals surface area contributed by atoms with Crippen molar-refractivity contribution in [3.8, 4) is 5.75 Å². The molecule has 1 heterocycles. The van der Waals surface area contributed by atoms with Crippen molar-refractivity contribution in [3.63, 3.8) is 0 Å². The van der Waals surface area contributed by atoms with Crippen LogP contribution in [0.25, 0.3) is 0 Å². The lowest BCUT2D eigenvalue weighted by Gasteiger charge is -2.12. The first kappa shape index (κ1) is 35.5. The van der Waals surface area contributed by atoms with Crippen LogP contribution in [0.5, 0.6) is 5.75 Å². The van der Waals surface area contributed by atoms with E-state index < -0.39 is 0 Å². The molecule has 5 aromatic rings. The molecule has 50 heavy (non-hydrogen) atoms. The van der Waals surface area contributed by atoms with Crippen LogP contribution in [-0.4, -0.2) is 64.7 Å². The maximum Gasteiger partial charge on any atom is 0.251 e. The number of hydrogen-bond acceptors (Lipinski definition) is 11. The van der Waals surface area contributed by atoms with Gasteiger partial charge in [0.25, 0.3) is 5.91 Å². The summed E-state index contributed by atoms with van der Waals surface area (Å²) in [5.41, 5.74) is 4.78. The fourth-order valence-electron chi connectivity index (χ4n) is 4.84. The van der Waals surface area contributed by atoms with Gasteiger partial charge in [-0.25, -0.2) is 0 Å². The molecule has 0 aliphatic rings. The zero-order chi connectivity index (χ0) is 35.0. The van der Waals surface area contributed by atoms with E-state index in [9.17, 15) is 14.7 Å². The summed E-state index contributed by atoms with van der Waals surface area (Å²) in [7, 11) is 0. The average molecular weight is 676 g/mol. The molecule has 0 aliphatic carbocycles. The minimum absolute atomic E-state index is 0.113. The molecule has 1 aromatic heterocycles. The summed E-state index contributed by atoms with van der Waals surface area (Å²) in [6, 6.07) is 30.8. The number of aryl methyl sites for hydroxylation is 1. The number of amides is 1. The highest BCUT2D eigenvalue weighted by atomic mass is 16.5. The van der Waals surface area contributed by atoms with Gasteiger partial charge in [0.05, 0.1) is 19.8 Å². The Balaban J connectivity index is 1.09. The number of ketones is 1. The van der Waals surface area contributed by atoms with Gasteiger partial charge in [-0.1, -0.05) is 60.2 Å². The monoisotopic (exact) mass is 675 g/mol. The molecule has 258 valence electrons. The Morgan fingerprint density at radius 2 is 1.32 bits per heavy atom. The second kappa shape index (κ2) is 18.6. The maximum absolute atomic E-state index is 12.7. The van der Waals surface area contributed by atoms with Crippen molar-refractivity contribution < 1.29 is 24.2 Å². The minimum atomic E-state index is -0.172. The van der Waals surface area contributed by atoms with Gasteiger partial charge in [-0.15, -0.1) is 0 Å². The van der Waals surface area contributed by atoms with E-state index in [2.05, 4.69) is 36.2 Å². The first-order valence-electron chi connectivity index (χ1n) is 16.4. The van der Waals surface area contributed by atoms with Gasteiger partial charge in [-0.05, 0) is 67.4 Å². The van der Waals surface area contributed by atoms with Crippen molar-refractivity contribution in [2.75, 3.05) is 48.9 Å². The standard InChI is InChI=1S/C38H41N7O5/c1-27-7-5-8-28(25-27)26-40-35(48)30-12-14-31(15-13-30)41-37-43-36(44-38(45-37)42-32-16-18-33(46)19-17-32)39-20-22-50-24-23-49-21-6-11-34(47)29-9-3-2-4-10-29/h2-5,7-10,12-19,25,46H,6,11,20-24,26H2,1H3,(H,40,48)(H3,39,41,42,43,44,45). The van der Waals surface area contributed by atoms with Crippen LogP contribution in [0.2, 0.25) is 0 Å². The van der Waals surface area contributed by atoms with E-state index in [0.717, 1.165) is 16.7 Å². The lowest BCUT2D eigenvalue weighted by molar-refractivity contribution is 0.0497. The number of carbonyl (C=O) groups excluding carboxylic acids is 2. The molecule has 1 amide bonds. The fraction of sp³-hybridized carbons (Fsp3) is 0.237. The Labute approximate surface area is 291 Å². The van der Waals surface area contributed by atoms with E-state index in [1.54, 1.807) is 48.5 Å². The topological polar surface area (TPSA) is 160 Å². The third kappa shape index (κ3) is 11.7. The molecule has 0 spiro atoms. The summed E-state index contributed by atoms with van der Waals surface area (Å²) in [6.45, 7) is 4.60. The third-order valence-electron chi connectivity index (χ3n) is 7.39. The van der Waals surface area contributed by atoms with E-state index in [1.165, 1.54) is 0 Å². The van der Waals surface area contributed by atoms with Crippen molar-refractivity contribution in [2.45, 2.75) is 26.3 Å². The molecule has 12 nitrogen and oxygen atoms in total. The third-order valence-corrected chi connectivity index (χ3v) is 7.39. The molecule has 0 saturated carbocycles. The predicted octanol–water partition coefficient (Wildman–Crippen LogP) is 6.41. The number of anilines is 5. The number of benzene rings is 4. The molecule has 0 unspecified atom stereocenters. The van der Waals surface area contributed by atoms with Gasteiger partial charge in [0.1, 0.15) is 5.75 Å². The highest BCUT2D eigenvalue weighted by Crippen LogP contribution is 2.21. The largest absolute Gasteiger partial charge is 0.508 e. The van der Waals surface area contributed by atoms with Crippen LogP contribution < -0.4 is 21.3 Å². The number of aromatic nitrogens is 3. The maximum atomic E-state index is 12.7. The summed E-state index contributed by atoms with van der Waals surface area (Å²) in [5, 5.41) is 22.1. The number of nitrogens with zero attached hydrogens (tertiary/aromatic N) is 3. The number of aromatic hydroxyl groups is 1. The fourth-order valence-corrected chi connectivity index (χ4v) is 4.84. The average Bonchev–Trinajstić information content (AvgIpc) is 3.13. The van der Waals surface area contributed by atoms with Crippen LogP contribution in [-0.2, 0) is 16.0 Å². The number of phenolic OH excluding ortho intramolecular Hbond substituents is 1. The molecule has 0 fully saturated rings. The van der Waals surface area contributed by atoms with Crippen LogP contribution in [0.1, 0.15) is 44.7 Å². The summed E-state index contributed by atoms with van der Waals surface area (Å²) in [4.78, 5) is 38.4. The van der Waals surface area contributed by atoms with E-state index in [1.807, 2.05) is 61.5 Å². The van der Waals surface area contributed by atoms with Gasteiger partial charge in [-0.2, -0.15) is 15.0 Å². The predicted molar refractivity (Wildman–Crippen MR) is 193 cm³/mol. The molecule has 5 N–H and O–H groups in total. The SMILES string of the molecule is Cc1cccc(CNC(=O)c2ccc(Nc3nc(NCCOCCOCCCC(=O)c4ccccc4)nc(Nc4ccc(O)cc4)n3)cc2)c1. The molecule has 4 aromatic carbocycles. The van der Waals surface area contributed by atoms with Gasteiger partial charge in [0, 0.05) is 48.6 Å². The Bertz CT molecular complexity index is 1820. The van der Waals surface area contributed by atoms with E-state index in [0.29, 0.717) is 75.2 Å². The second-order valence-corrected chi connectivity index (χ2v) is 11.4. The molecule has 0 radical (unpaired) electrons. The van der Waals surface area contributed by atoms with Crippen molar-refractivity contribution in [1.82, 2.24) is 20.3 Å². The quantitative estimate of drug-likeness (QED) is 0.0374. The number of carbonyl (C=O) groups is 2. The van der Waals surface area contributed by atoms with E-state index in [4.69, 9.17) is 9.47 Å². The van der Waals surface area contributed by atoms with Crippen molar-refractivity contribution in [2.24, 2.45) is 0 Å². The Hall–Kier alpha value is -5.85. The van der Waals surface area contributed by atoms with Crippen LogP contribution in [0.4, 0.5) is 29.2 Å². The molecule has 0 aliphatic heterocycles.